The molecule has 0 heterocycles. The van der Waals surface area contributed by atoms with Gasteiger partial charge in [0, 0.05) is 0 Å². The fourth-order valence-electron chi connectivity index (χ4n) is 0.448. The minimum Gasteiger partial charge on any atom is -0.480 e. The van der Waals surface area contributed by atoms with Crippen LogP contribution in [0.3, 0.4) is 0 Å². The first-order valence-corrected chi connectivity index (χ1v) is 3.14. The summed E-state index contributed by atoms with van der Waals surface area (Å²) in [5.41, 5.74) is 0. The van der Waals surface area contributed by atoms with Gasteiger partial charge in [-0.05, 0) is 19.9 Å². The van der Waals surface area contributed by atoms with Crippen LogP contribution >= 0.6 is 12.4 Å². The lowest BCUT2D eigenvalue weighted by Crippen LogP contribution is -2.33. The molecule has 0 aromatic rings. The summed E-state index contributed by atoms with van der Waals surface area (Å²) in [7, 11) is 0. The Morgan fingerprint density at radius 1 is 1.70 bits per heavy atom. The third-order valence-corrected chi connectivity index (χ3v) is 1.07. The standard InChI is InChI=1S/C6H13NO2.ClH/c1-3-4-7-5(2)6(8)9;/h5,7H,3-4H2,1-2H3,(H,8,9);1H/t5-;/m0./s1. The fraction of sp³-hybridized carbons (Fsp3) is 0.833. The van der Waals surface area contributed by atoms with E-state index in [4.69, 9.17) is 5.11 Å². The van der Waals surface area contributed by atoms with Crippen molar-refractivity contribution in [2.75, 3.05) is 6.54 Å². The Labute approximate surface area is 67.2 Å². The predicted octanol–water partition coefficient (Wildman–Crippen LogP) is 0.881. The molecule has 0 spiro atoms. The fourth-order valence-corrected chi connectivity index (χ4v) is 0.448. The van der Waals surface area contributed by atoms with Gasteiger partial charge in [0.1, 0.15) is 6.04 Å². The van der Waals surface area contributed by atoms with E-state index in [0.717, 1.165) is 13.0 Å². The van der Waals surface area contributed by atoms with Gasteiger partial charge < -0.3 is 10.4 Å². The van der Waals surface area contributed by atoms with Crippen molar-refractivity contribution in [2.24, 2.45) is 0 Å². The Kier molecular flexibility index (Phi) is 8.48. The molecule has 0 radical (unpaired) electrons. The zero-order chi connectivity index (χ0) is 7.28. The Morgan fingerprint density at radius 3 is 2.50 bits per heavy atom. The molecule has 4 heteroatoms. The van der Waals surface area contributed by atoms with E-state index in [1.807, 2.05) is 6.92 Å². The molecule has 2 N–H and O–H groups in total. The molecule has 0 saturated heterocycles. The van der Waals surface area contributed by atoms with Crippen molar-refractivity contribution in [3.8, 4) is 0 Å². The quantitative estimate of drug-likeness (QED) is 0.654. The molecule has 0 aromatic heterocycles. The van der Waals surface area contributed by atoms with Crippen LogP contribution in [0.5, 0.6) is 0 Å². The lowest BCUT2D eigenvalue weighted by atomic mass is 10.3. The van der Waals surface area contributed by atoms with Crippen LogP contribution in [0.15, 0.2) is 0 Å². The maximum atomic E-state index is 10.1. The monoisotopic (exact) mass is 167 g/mol. The smallest absolute Gasteiger partial charge is 0.320 e. The van der Waals surface area contributed by atoms with Crippen LogP contribution in [-0.4, -0.2) is 23.7 Å². The summed E-state index contributed by atoms with van der Waals surface area (Å²) < 4.78 is 0. The van der Waals surface area contributed by atoms with Crippen molar-refractivity contribution in [2.45, 2.75) is 26.3 Å². The summed E-state index contributed by atoms with van der Waals surface area (Å²) in [6.45, 7) is 4.41. The molecule has 0 bridgehead atoms. The van der Waals surface area contributed by atoms with Gasteiger partial charge >= 0.3 is 5.97 Å². The van der Waals surface area contributed by atoms with E-state index >= 15 is 0 Å². The van der Waals surface area contributed by atoms with Crippen LogP contribution < -0.4 is 5.32 Å². The summed E-state index contributed by atoms with van der Waals surface area (Å²) in [6, 6.07) is -0.412. The van der Waals surface area contributed by atoms with Crippen molar-refractivity contribution < 1.29 is 9.90 Å². The van der Waals surface area contributed by atoms with Crippen LogP contribution in [0.4, 0.5) is 0 Å². The Bertz CT molecular complexity index is 97.7. The molecule has 0 aliphatic heterocycles. The Hall–Kier alpha value is -0.280. The van der Waals surface area contributed by atoms with Gasteiger partial charge in [-0.2, -0.15) is 0 Å². The van der Waals surface area contributed by atoms with E-state index in [9.17, 15) is 4.79 Å². The summed E-state index contributed by atoms with van der Waals surface area (Å²) in [4.78, 5) is 10.1. The highest BCUT2D eigenvalue weighted by Crippen LogP contribution is 1.80. The second-order valence-electron chi connectivity index (χ2n) is 2.01. The van der Waals surface area contributed by atoms with Crippen molar-refractivity contribution in [1.82, 2.24) is 5.32 Å². The summed E-state index contributed by atoms with van der Waals surface area (Å²) >= 11 is 0. The van der Waals surface area contributed by atoms with Gasteiger partial charge in [-0.3, -0.25) is 4.79 Å². The topological polar surface area (TPSA) is 49.3 Å². The van der Waals surface area contributed by atoms with Gasteiger partial charge in [0.15, 0.2) is 0 Å². The van der Waals surface area contributed by atoms with Gasteiger partial charge in [0.05, 0.1) is 0 Å². The summed E-state index contributed by atoms with van der Waals surface area (Å²) in [6.07, 6.45) is 0.970. The lowest BCUT2D eigenvalue weighted by molar-refractivity contribution is -0.138. The number of carbonyl (C=O) groups is 1. The number of carboxylic acid groups (broad SMARTS) is 1. The Morgan fingerprint density at radius 2 is 2.20 bits per heavy atom. The molecular formula is C6H14ClNO2. The highest BCUT2D eigenvalue weighted by Gasteiger charge is 2.06. The predicted molar refractivity (Wildman–Crippen MR) is 42.6 cm³/mol. The minimum absolute atomic E-state index is 0. The normalized spacial score (nSPS) is 11.8. The van der Waals surface area contributed by atoms with Crippen molar-refractivity contribution in [1.29, 1.82) is 0 Å². The molecule has 0 aromatic carbocycles. The van der Waals surface area contributed by atoms with E-state index in [-0.39, 0.29) is 12.4 Å². The first-order valence-electron chi connectivity index (χ1n) is 3.14. The van der Waals surface area contributed by atoms with E-state index in [2.05, 4.69) is 5.32 Å². The van der Waals surface area contributed by atoms with Gasteiger partial charge in [-0.1, -0.05) is 6.92 Å². The molecule has 10 heavy (non-hydrogen) atoms. The van der Waals surface area contributed by atoms with Crippen LogP contribution in [0.1, 0.15) is 20.3 Å². The Balaban J connectivity index is 0. The molecule has 0 rings (SSSR count). The number of halogens is 1. The highest BCUT2D eigenvalue weighted by atomic mass is 35.5. The third-order valence-electron chi connectivity index (χ3n) is 1.07. The number of nitrogens with one attached hydrogen (secondary N) is 1. The van der Waals surface area contributed by atoms with Crippen LogP contribution in [0.2, 0.25) is 0 Å². The van der Waals surface area contributed by atoms with Gasteiger partial charge in [-0.15, -0.1) is 12.4 Å². The zero-order valence-electron chi connectivity index (χ0n) is 6.26. The third kappa shape index (κ3) is 5.85. The van der Waals surface area contributed by atoms with Crippen LogP contribution in [0, 0.1) is 0 Å². The number of carboxylic acids is 1. The molecular weight excluding hydrogens is 154 g/mol. The first-order chi connectivity index (χ1) is 4.18. The van der Waals surface area contributed by atoms with Crippen LogP contribution in [-0.2, 0) is 4.79 Å². The number of aliphatic carboxylic acids is 1. The van der Waals surface area contributed by atoms with Gasteiger partial charge in [0.2, 0.25) is 0 Å². The maximum absolute atomic E-state index is 10.1. The summed E-state index contributed by atoms with van der Waals surface area (Å²) in [5.74, 6) is -0.788. The van der Waals surface area contributed by atoms with Gasteiger partial charge in [-0.25, -0.2) is 0 Å². The highest BCUT2D eigenvalue weighted by molar-refractivity contribution is 5.85. The average Bonchev–Trinajstić information content (AvgIpc) is 1.82. The zero-order valence-corrected chi connectivity index (χ0v) is 7.07. The minimum atomic E-state index is -0.788. The SMILES string of the molecule is CCCN[C@@H](C)C(=O)O.Cl. The molecule has 3 nitrogen and oxygen atoms in total. The van der Waals surface area contributed by atoms with Gasteiger partial charge in [0.25, 0.3) is 0 Å². The largest absolute Gasteiger partial charge is 0.480 e. The second-order valence-corrected chi connectivity index (χ2v) is 2.01. The van der Waals surface area contributed by atoms with Crippen LogP contribution in [0.25, 0.3) is 0 Å². The van der Waals surface area contributed by atoms with E-state index < -0.39 is 12.0 Å². The molecule has 0 unspecified atom stereocenters. The van der Waals surface area contributed by atoms with Crippen molar-refractivity contribution in [3.05, 3.63) is 0 Å². The molecule has 62 valence electrons. The molecule has 1 atom stereocenters. The van der Waals surface area contributed by atoms with E-state index in [0.29, 0.717) is 0 Å². The number of hydrogen-bond donors (Lipinski definition) is 2. The lowest BCUT2D eigenvalue weighted by Gasteiger charge is -2.05. The van der Waals surface area contributed by atoms with E-state index in [1.54, 1.807) is 6.92 Å². The second kappa shape index (κ2) is 6.83. The molecule has 0 aliphatic carbocycles. The van der Waals surface area contributed by atoms with Crippen molar-refractivity contribution >= 4 is 18.4 Å². The molecule has 0 amide bonds. The number of rotatable bonds is 4. The van der Waals surface area contributed by atoms with E-state index in [1.165, 1.54) is 0 Å². The summed E-state index contributed by atoms with van der Waals surface area (Å²) in [5, 5.41) is 11.2. The molecule has 0 saturated carbocycles. The first kappa shape index (κ1) is 12.4. The average molecular weight is 168 g/mol. The number of hydrogen-bond acceptors (Lipinski definition) is 2. The maximum Gasteiger partial charge on any atom is 0.320 e. The van der Waals surface area contributed by atoms with Crippen molar-refractivity contribution in [3.63, 3.8) is 0 Å². The molecule has 0 fully saturated rings. The molecule has 0 aliphatic rings.